The van der Waals surface area contributed by atoms with Crippen molar-refractivity contribution in [3.8, 4) is 0 Å². The molecule has 0 aliphatic heterocycles. The van der Waals surface area contributed by atoms with Gasteiger partial charge in [0, 0.05) is 0 Å². The highest BCUT2D eigenvalue weighted by molar-refractivity contribution is 5.36. The van der Waals surface area contributed by atoms with Crippen LogP contribution in [0.1, 0.15) is 20.3 Å². The molecule has 3 heteroatoms. The number of nitrogens with zero attached hydrogens (tertiary/aromatic N) is 1. The minimum atomic E-state index is -1.40. The quantitative estimate of drug-likeness (QED) is 0.362. The summed E-state index contributed by atoms with van der Waals surface area (Å²) in [5.74, 6) is 0. The van der Waals surface area contributed by atoms with Gasteiger partial charge >= 0.3 is 0 Å². The summed E-state index contributed by atoms with van der Waals surface area (Å²) >= 11 is 0. The second kappa shape index (κ2) is 3.30. The first kappa shape index (κ1) is 9.08. The molecule has 0 aromatic heterocycles. The van der Waals surface area contributed by atoms with Crippen LogP contribution < -0.4 is 0 Å². The molecule has 3 nitrogen and oxygen atoms in total. The fraction of sp³-hybridized carbons (Fsp3) is 0.571. The maximum absolute atomic E-state index is 9.79. The molecular formula is C7H11NO2. The molecule has 0 spiro atoms. The third-order valence-corrected chi connectivity index (χ3v) is 1.41. The minimum absolute atomic E-state index is 0.345. The summed E-state index contributed by atoms with van der Waals surface area (Å²) in [7, 11) is 0. The van der Waals surface area contributed by atoms with Crippen LogP contribution in [0.5, 0.6) is 0 Å². The molecule has 0 rings (SSSR count). The van der Waals surface area contributed by atoms with E-state index in [0.29, 0.717) is 12.0 Å². The van der Waals surface area contributed by atoms with Gasteiger partial charge in [0.15, 0.2) is 5.72 Å². The molecule has 0 saturated carbocycles. The zero-order valence-electron chi connectivity index (χ0n) is 6.22. The van der Waals surface area contributed by atoms with Crippen LogP contribution in [0, 0.1) is 0 Å². The lowest BCUT2D eigenvalue weighted by Gasteiger charge is -2.19. The predicted molar refractivity (Wildman–Crippen MR) is 38.2 cm³/mol. The van der Waals surface area contributed by atoms with Crippen LogP contribution in [-0.4, -0.2) is 16.9 Å². The lowest BCUT2D eigenvalue weighted by Crippen LogP contribution is -2.25. The summed E-state index contributed by atoms with van der Waals surface area (Å²) in [4.78, 5) is 13.0. The number of hydrogen-bond donors (Lipinski definition) is 1. The molecule has 0 fully saturated rings. The van der Waals surface area contributed by atoms with Gasteiger partial charge in [-0.25, -0.2) is 4.79 Å². The molecule has 0 aliphatic carbocycles. The highest BCUT2D eigenvalue weighted by Crippen LogP contribution is 2.19. The Labute approximate surface area is 60.1 Å². The highest BCUT2D eigenvalue weighted by atomic mass is 16.3. The van der Waals surface area contributed by atoms with Crippen molar-refractivity contribution in [2.24, 2.45) is 4.99 Å². The standard InChI is InChI=1S/C7H11NO2/c1-4-7(10,6(2)3)8-5-9/h10H,2,4H2,1,3H3. The van der Waals surface area contributed by atoms with Crippen molar-refractivity contribution in [2.45, 2.75) is 26.0 Å². The molecule has 10 heavy (non-hydrogen) atoms. The molecular weight excluding hydrogens is 130 g/mol. The maximum atomic E-state index is 9.79. The molecule has 0 amide bonds. The fourth-order valence-corrected chi connectivity index (χ4v) is 0.552. The van der Waals surface area contributed by atoms with E-state index >= 15 is 0 Å². The molecule has 0 aromatic carbocycles. The number of hydrogen-bond acceptors (Lipinski definition) is 3. The van der Waals surface area contributed by atoms with Crippen molar-refractivity contribution < 1.29 is 9.90 Å². The number of aliphatic imine (C=N–C) groups is 1. The summed E-state index contributed by atoms with van der Waals surface area (Å²) in [6.45, 7) is 6.83. The van der Waals surface area contributed by atoms with Crippen molar-refractivity contribution in [1.29, 1.82) is 0 Å². The smallest absolute Gasteiger partial charge is 0.238 e. The zero-order chi connectivity index (χ0) is 8.20. The first-order valence-electron chi connectivity index (χ1n) is 3.04. The first-order chi connectivity index (χ1) is 4.56. The normalized spacial score (nSPS) is 15.1. The molecule has 0 bridgehead atoms. The van der Waals surface area contributed by atoms with Gasteiger partial charge in [0.1, 0.15) is 0 Å². The van der Waals surface area contributed by atoms with Gasteiger partial charge in [0.05, 0.1) is 0 Å². The van der Waals surface area contributed by atoms with E-state index in [2.05, 4.69) is 11.6 Å². The van der Waals surface area contributed by atoms with Gasteiger partial charge in [0.25, 0.3) is 0 Å². The Balaban J connectivity index is 4.54. The largest absolute Gasteiger partial charge is 0.365 e. The zero-order valence-corrected chi connectivity index (χ0v) is 6.22. The van der Waals surface area contributed by atoms with Crippen molar-refractivity contribution in [2.75, 3.05) is 0 Å². The van der Waals surface area contributed by atoms with E-state index in [-0.39, 0.29) is 0 Å². The van der Waals surface area contributed by atoms with E-state index in [4.69, 9.17) is 0 Å². The van der Waals surface area contributed by atoms with E-state index in [1.165, 1.54) is 6.08 Å². The second-order valence-corrected chi connectivity index (χ2v) is 2.15. The summed E-state index contributed by atoms with van der Waals surface area (Å²) in [6.07, 6.45) is 1.65. The molecule has 1 N–H and O–H groups in total. The van der Waals surface area contributed by atoms with Crippen LogP contribution in [0.4, 0.5) is 0 Å². The second-order valence-electron chi connectivity index (χ2n) is 2.15. The maximum Gasteiger partial charge on any atom is 0.238 e. The van der Waals surface area contributed by atoms with E-state index in [1.54, 1.807) is 13.8 Å². The number of carbonyl (C=O) groups excluding carboxylic acids is 1. The third kappa shape index (κ3) is 1.79. The Hall–Kier alpha value is -0.920. The van der Waals surface area contributed by atoms with E-state index < -0.39 is 5.72 Å². The average molecular weight is 141 g/mol. The third-order valence-electron chi connectivity index (χ3n) is 1.41. The lowest BCUT2D eigenvalue weighted by molar-refractivity contribution is 0.0846. The van der Waals surface area contributed by atoms with Gasteiger partial charge in [-0.15, -0.1) is 0 Å². The molecule has 0 aromatic rings. The number of isocyanates is 1. The van der Waals surface area contributed by atoms with Gasteiger partial charge in [0.2, 0.25) is 6.08 Å². The Bertz CT molecular complexity index is 178. The van der Waals surface area contributed by atoms with Crippen LogP contribution in [0.2, 0.25) is 0 Å². The van der Waals surface area contributed by atoms with Crippen LogP contribution in [0.25, 0.3) is 0 Å². The topological polar surface area (TPSA) is 49.7 Å². The van der Waals surface area contributed by atoms with Gasteiger partial charge < -0.3 is 5.11 Å². The monoisotopic (exact) mass is 141 g/mol. The summed E-state index contributed by atoms with van der Waals surface area (Å²) < 4.78 is 0. The van der Waals surface area contributed by atoms with Crippen molar-refractivity contribution in [3.05, 3.63) is 12.2 Å². The average Bonchev–Trinajstić information content (AvgIpc) is 1.88. The van der Waals surface area contributed by atoms with Crippen molar-refractivity contribution >= 4 is 6.08 Å². The molecule has 1 atom stereocenters. The summed E-state index contributed by atoms with van der Waals surface area (Å²) in [5.41, 5.74) is -0.944. The molecule has 0 saturated heterocycles. The van der Waals surface area contributed by atoms with Crippen LogP contribution in [0.3, 0.4) is 0 Å². The SMILES string of the molecule is C=C(C)C(O)(CC)N=C=O. The van der Waals surface area contributed by atoms with Gasteiger partial charge in [-0.05, 0) is 18.9 Å². The van der Waals surface area contributed by atoms with Gasteiger partial charge in [-0.2, -0.15) is 4.99 Å². The minimum Gasteiger partial charge on any atom is -0.365 e. The van der Waals surface area contributed by atoms with Crippen molar-refractivity contribution in [3.63, 3.8) is 0 Å². The fourth-order valence-electron chi connectivity index (χ4n) is 0.552. The highest BCUT2D eigenvalue weighted by Gasteiger charge is 2.23. The number of aliphatic hydroxyl groups is 1. The summed E-state index contributed by atoms with van der Waals surface area (Å²) in [5, 5.41) is 9.37. The Morgan fingerprint density at radius 2 is 2.40 bits per heavy atom. The van der Waals surface area contributed by atoms with E-state index in [9.17, 15) is 9.90 Å². The molecule has 0 aliphatic rings. The Kier molecular flexibility index (Phi) is 3.00. The summed E-state index contributed by atoms with van der Waals surface area (Å²) in [6, 6.07) is 0. The lowest BCUT2D eigenvalue weighted by atomic mass is 10.0. The first-order valence-corrected chi connectivity index (χ1v) is 3.04. The Morgan fingerprint density at radius 3 is 2.50 bits per heavy atom. The van der Waals surface area contributed by atoms with Crippen LogP contribution >= 0.6 is 0 Å². The van der Waals surface area contributed by atoms with Crippen LogP contribution in [0.15, 0.2) is 17.1 Å². The number of rotatable bonds is 3. The predicted octanol–water partition coefficient (Wildman–Crippen LogP) is 0.997. The van der Waals surface area contributed by atoms with Crippen molar-refractivity contribution in [1.82, 2.24) is 0 Å². The molecule has 56 valence electrons. The van der Waals surface area contributed by atoms with E-state index in [0.717, 1.165) is 0 Å². The van der Waals surface area contributed by atoms with Crippen LogP contribution in [-0.2, 0) is 4.79 Å². The van der Waals surface area contributed by atoms with Gasteiger partial charge in [-0.3, -0.25) is 0 Å². The Morgan fingerprint density at radius 1 is 1.90 bits per heavy atom. The molecule has 0 radical (unpaired) electrons. The molecule has 0 heterocycles. The molecule has 1 unspecified atom stereocenters. The van der Waals surface area contributed by atoms with Gasteiger partial charge in [-0.1, -0.05) is 13.5 Å². The van der Waals surface area contributed by atoms with E-state index in [1.807, 2.05) is 0 Å².